The van der Waals surface area contributed by atoms with Gasteiger partial charge in [0.25, 0.3) is 5.91 Å². The van der Waals surface area contributed by atoms with Crippen molar-refractivity contribution in [3.05, 3.63) is 48.0 Å². The molecule has 2 aromatic rings. The number of amides is 1. The number of nitrogens with one attached hydrogen (secondary N) is 1. The molecule has 1 aromatic heterocycles. The molecule has 0 aliphatic carbocycles. The second kappa shape index (κ2) is 6.04. The van der Waals surface area contributed by atoms with Gasteiger partial charge in [-0.25, -0.2) is 4.98 Å². The number of nitrogens with zero attached hydrogens (tertiary/aromatic N) is 2. The molecule has 0 spiro atoms. The van der Waals surface area contributed by atoms with Crippen molar-refractivity contribution in [2.75, 3.05) is 12.3 Å². The third-order valence-corrected chi connectivity index (χ3v) is 2.98. The van der Waals surface area contributed by atoms with Crippen LogP contribution in [0.2, 0.25) is 0 Å². The summed E-state index contributed by atoms with van der Waals surface area (Å²) in [5.41, 5.74) is 8.02. The summed E-state index contributed by atoms with van der Waals surface area (Å²) in [6, 6.07) is 5.35. The number of aromatic nitrogens is 2. The van der Waals surface area contributed by atoms with Gasteiger partial charge in [-0.1, -0.05) is 6.07 Å². The van der Waals surface area contributed by atoms with Gasteiger partial charge in [-0.3, -0.25) is 4.79 Å². The van der Waals surface area contributed by atoms with Gasteiger partial charge in [0, 0.05) is 36.7 Å². The molecule has 0 fully saturated rings. The van der Waals surface area contributed by atoms with Gasteiger partial charge in [0.05, 0.1) is 6.33 Å². The molecule has 5 heteroatoms. The number of benzene rings is 1. The lowest BCUT2D eigenvalue weighted by Gasteiger charge is -2.07. The monoisotopic (exact) mass is 258 g/mol. The van der Waals surface area contributed by atoms with E-state index in [1.54, 1.807) is 24.7 Å². The first-order valence-corrected chi connectivity index (χ1v) is 6.27. The third kappa shape index (κ3) is 3.58. The number of imidazole rings is 1. The van der Waals surface area contributed by atoms with Crippen molar-refractivity contribution < 1.29 is 4.79 Å². The number of hydrogen-bond donors (Lipinski definition) is 2. The van der Waals surface area contributed by atoms with Crippen LogP contribution in [0.25, 0.3) is 0 Å². The Balaban J connectivity index is 1.79. The number of aryl methyl sites for hydroxylation is 2. The Morgan fingerprint density at radius 1 is 1.47 bits per heavy atom. The van der Waals surface area contributed by atoms with Crippen molar-refractivity contribution in [2.45, 2.75) is 19.9 Å². The molecule has 0 unspecified atom stereocenters. The van der Waals surface area contributed by atoms with E-state index in [1.165, 1.54) is 0 Å². The van der Waals surface area contributed by atoms with Crippen LogP contribution in [0, 0.1) is 6.92 Å². The van der Waals surface area contributed by atoms with Gasteiger partial charge in [-0.05, 0) is 31.0 Å². The zero-order valence-corrected chi connectivity index (χ0v) is 11.0. The van der Waals surface area contributed by atoms with Crippen LogP contribution in [0.4, 0.5) is 5.69 Å². The van der Waals surface area contributed by atoms with Crippen molar-refractivity contribution in [1.29, 1.82) is 0 Å². The second-order valence-corrected chi connectivity index (χ2v) is 4.48. The van der Waals surface area contributed by atoms with Gasteiger partial charge in [-0.15, -0.1) is 0 Å². The maximum Gasteiger partial charge on any atom is 0.251 e. The molecular weight excluding hydrogens is 240 g/mol. The summed E-state index contributed by atoms with van der Waals surface area (Å²) in [6.07, 6.45) is 6.28. The number of nitrogens with two attached hydrogens (primary N) is 1. The molecule has 100 valence electrons. The third-order valence-electron chi connectivity index (χ3n) is 2.98. The molecular formula is C14H18N4O. The summed E-state index contributed by atoms with van der Waals surface area (Å²) in [5.74, 6) is -0.0858. The predicted molar refractivity (Wildman–Crippen MR) is 74.8 cm³/mol. The zero-order valence-electron chi connectivity index (χ0n) is 11.0. The Morgan fingerprint density at radius 3 is 3.00 bits per heavy atom. The SMILES string of the molecule is Cc1ccc(C(=O)NCCCn2ccnc2)cc1N. The first-order valence-electron chi connectivity index (χ1n) is 6.27. The van der Waals surface area contributed by atoms with Crippen LogP contribution in [-0.2, 0) is 6.54 Å². The first kappa shape index (κ1) is 13.1. The Labute approximate surface area is 112 Å². The Bertz CT molecular complexity index is 549. The minimum Gasteiger partial charge on any atom is -0.398 e. The minimum absolute atomic E-state index is 0.0858. The summed E-state index contributed by atoms with van der Waals surface area (Å²) in [5, 5.41) is 2.88. The normalized spacial score (nSPS) is 10.4. The predicted octanol–water partition coefficient (Wildman–Crippen LogP) is 1.59. The molecule has 1 heterocycles. The van der Waals surface area contributed by atoms with Crippen LogP contribution in [0.3, 0.4) is 0 Å². The maximum absolute atomic E-state index is 11.9. The zero-order chi connectivity index (χ0) is 13.7. The molecule has 0 aliphatic heterocycles. The largest absolute Gasteiger partial charge is 0.398 e. The smallest absolute Gasteiger partial charge is 0.251 e. The van der Waals surface area contributed by atoms with Gasteiger partial charge in [-0.2, -0.15) is 0 Å². The Hall–Kier alpha value is -2.30. The van der Waals surface area contributed by atoms with E-state index in [2.05, 4.69) is 10.3 Å². The molecule has 5 nitrogen and oxygen atoms in total. The van der Waals surface area contributed by atoms with Gasteiger partial charge >= 0.3 is 0 Å². The van der Waals surface area contributed by atoms with Crippen LogP contribution in [-0.4, -0.2) is 22.0 Å². The molecule has 3 N–H and O–H groups in total. The molecule has 0 bridgehead atoms. The highest BCUT2D eigenvalue weighted by Crippen LogP contribution is 2.12. The summed E-state index contributed by atoms with van der Waals surface area (Å²) < 4.78 is 1.98. The molecule has 2 rings (SSSR count). The molecule has 0 saturated carbocycles. The van der Waals surface area contributed by atoms with E-state index in [4.69, 9.17) is 5.73 Å². The van der Waals surface area contributed by atoms with Crippen LogP contribution in [0.5, 0.6) is 0 Å². The van der Waals surface area contributed by atoms with Crippen molar-refractivity contribution in [2.24, 2.45) is 0 Å². The van der Waals surface area contributed by atoms with E-state index in [0.717, 1.165) is 18.5 Å². The van der Waals surface area contributed by atoms with Crippen LogP contribution < -0.4 is 11.1 Å². The number of carbonyl (C=O) groups is 1. The lowest BCUT2D eigenvalue weighted by molar-refractivity contribution is 0.0953. The maximum atomic E-state index is 11.9. The number of anilines is 1. The molecule has 0 atom stereocenters. The van der Waals surface area contributed by atoms with E-state index in [-0.39, 0.29) is 5.91 Å². The molecule has 0 aliphatic rings. The number of carbonyl (C=O) groups excluding carboxylic acids is 1. The van der Waals surface area contributed by atoms with E-state index in [1.807, 2.05) is 23.8 Å². The molecule has 19 heavy (non-hydrogen) atoms. The van der Waals surface area contributed by atoms with Crippen LogP contribution >= 0.6 is 0 Å². The van der Waals surface area contributed by atoms with E-state index >= 15 is 0 Å². The average molecular weight is 258 g/mol. The summed E-state index contributed by atoms with van der Waals surface area (Å²) in [4.78, 5) is 15.8. The van der Waals surface area contributed by atoms with E-state index in [0.29, 0.717) is 17.8 Å². The van der Waals surface area contributed by atoms with Gasteiger partial charge in [0.2, 0.25) is 0 Å². The van der Waals surface area contributed by atoms with Crippen molar-refractivity contribution in [1.82, 2.24) is 14.9 Å². The van der Waals surface area contributed by atoms with Crippen molar-refractivity contribution in [3.63, 3.8) is 0 Å². The fourth-order valence-electron chi connectivity index (χ4n) is 1.77. The fourth-order valence-corrected chi connectivity index (χ4v) is 1.77. The number of hydrogen-bond acceptors (Lipinski definition) is 3. The first-order chi connectivity index (χ1) is 9.16. The Morgan fingerprint density at radius 2 is 2.32 bits per heavy atom. The number of rotatable bonds is 5. The van der Waals surface area contributed by atoms with Crippen LogP contribution in [0.15, 0.2) is 36.9 Å². The summed E-state index contributed by atoms with van der Waals surface area (Å²) >= 11 is 0. The van der Waals surface area contributed by atoms with Crippen molar-refractivity contribution in [3.8, 4) is 0 Å². The van der Waals surface area contributed by atoms with E-state index < -0.39 is 0 Å². The topological polar surface area (TPSA) is 72.9 Å². The van der Waals surface area contributed by atoms with Gasteiger partial charge in [0.1, 0.15) is 0 Å². The summed E-state index contributed by atoms with van der Waals surface area (Å²) in [7, 11) is 0. The number of nitrogen functional groups attached to an aromatic ring is 1. The summed E-state index contributed by atoms with van der Waals surface area (Å²) in [6.45, 7) is 3.39. The lowest BCUT2D eigenvalue weighted by atomic mass is 10.1. The lowest BCUT2D eigenvalue weighted by Crippen LogP contribution is -2.25. The van der Waals surface area contributed by atoms with Crippen LogP contribution in [0.1, 0.15) is 22.3 Å². The highest BCUT2D eigenvalue weighted by molar-refractivity contribution is 5.95. The highest BCUT2D eigenvalue weighted by Gasteiger charge is 2.05. The minimum atomic E-state index is -0.0858. The molecule has 0 radical (unpaired) electrons. The highest BCUT2D eigenvalue weighted by atomic mass is 16.1. The van der Waals surface area contributed by atoms with Gasteiger partial charge in [0.15, 0.2) is 0 Å². The standard InChI is InChI=1S/C14H18N4O/c1-11-3-4-12(9-13(11)15)14(19)17-5-2-7-18-8-6-16-10-18/h3-4,6,8-10H,2,5,7,15H2,1H3,(H,17,19). The molecule has 1 amide bonds. The quantitative estimate of drug-likeness (QED) is 0.632. The Kier molecular flexibility index (Phi) is 4.18. The molecule has 0 saturated heterocycles. The van der Waals surface area contributed by atoms with Gasteiger partial charge < -0.3 is 15.6 Å². The van der Waals surface area contributed by atoms with Crippen molar-refractivity contribution >= 4 is 11.6 Å². The fraction of sp³-hybridized carbons (Fsp3) is 0.286. The second-order valence-electron chi connectivity index (χ2n) is 4.48. The molecule has 1 aromatic carbocycles. The average Bonchev–Trinajstić information content (AvgIpc) is 2.91. The van der Waals surface area contributed by atoms with E-state index in [9.17, 15) is 4.79 Å².